The highest BCUT2D eigenvalue weighted by Crippen LogP contribution is 2.34. The van der Waals surface area contributed by atoms with Crippen molar-refractivity contribution in [3.05, 3.63) is 29.6 Å². The zero-order chi connectivity index (χ0) is 20.6. The van der Waals surface area contributed by atoms with Crippen LogP contribution in [-0.4, -0.2) is 33.4 Å². The Morgan fingerprint density at radius 3 is 2.48 bits per heavy atom. The Hall–Kier alpha value is -2.05. The van der Waals surface area contributed by atoms with E-state index in [4.69, 9.17) is 0 Å². The summed E-state index contributed by atoms with van der Waals surface area (Å²) in [6.07, 6.45) is 4.02. The second-order valence-corrected chi connectivity index (χ2v) is 8.53. The fraction of sp³-hybridized carbons (Fsp3) is 0.636. The second kappa shape index (κ2) is 8.00. The van der Waals surface area contributed by atoms with E-state index in [0.29, 0.717) is 25.0 Å². The number of imidazole rings is 1. The highest BCUT2D eigenvalue weighted by atomic mass is 19.4. The smallest absolute Gasteiger partial charge is 0.343 e. The third-order valence-corrected chi connectivity index (χ3v) is 6.62. The number of hydrogen-bond donors (Lipinski definition) is 0. The standard InChI is InChI=1S/C22H28F3N3O/c1-15-26-19-14-17(22(23,24)25)7-8-20(19)28(15)18-10-12-27(13-11-18)21(29)9-6-16-4-2-3-5-16/h7-8,14,16,18H,2-6,9-13H2,1H3. The molecule has 29 heavy (non-hydrogen) atoms. The van der Waals surface area contributed by atoms with Gasteiger partial charge in [-0.3, -0.25) is 4.79 Å². The van der Waals surface area contributed by atoms with Crippen molar-refractivity contribution >= 4 is 16.9 Å². The fourth-order valence-electron chi connectivity index (χ4n) is 5.01. The quantitative estimate of drug-likeness (QED) is 0.671. The van der Waals surface area contributed by atoms with Crippen LogP contribution < -0.4 is 0 Å². The van der Waals surface area contributed by atoms with Crippen LogP contribution in [0.1, 0.15) is 68.8 Å². The number of carbonyl (C=O) groups is 1. The van der Waals surface area contributed by atoms with Crippen LogP contribution >= 0.6 is 0 Å². The van der Waals surface area contributed by atoms with Gasteiger partial charge in [0.2, 0.25) is 5.91 Å². The number of amides is 1. The van der Waals surface area contributed by atoms with E-state index in [2.05, 4.69) is 9.55 Å². The summed E-state index contributed by atoms with van der Waals surface area (Å²) in [4.78, 5) is 18.9. The first-order valence-electron chi connectivity index (χ1n) is 10.7. The van der Waals surface area contributed by atoms with Crippen molar-refractivity contribution in [3.8, 4) is 0 Å². The van der Waals surface area contributed by atoms with Crippen LogP contribution in [0.25, 0.3) is 11.0 Å². The molecule has 1 aliphatic heterocycles. The molecule has 0 N–H and O–H groups in total. The Balaban J connectivity index is 1.41. The maximum absolute atomic E-state index is 13.0. The predicted octanol–water partition coefficient (Wildman–Crippen LogP) is 5.50. The number of alkyl halides is 3. The molecule has 1 aromatic carbocycles. The van der Waals surface area contributed by atoms with E-state index < -0.39 is 11.7 Å². The molecule has 158 valence electrons. The average Bonchev–Trinajstić information content (AvgIpc) is 3.31. The number of fused-ring (bicyclic) bond motifs is 1. The van der Waals surface area contributed by atoms with E-state index in [9.17, 15) is 18.0 Å². The van der Waals surface area contributed by atoms with Gasteiger partial charge in [0, 0.05) is 25.6 Å². The van der Waals surface area contributed by atoms with Crippen LogP contribution in [0.3, 0.4) is 0 Å². The minimum atomic E-state index is -4.37. The molecule has 2 aromatic rings. The Bertz CT molecular complexity index is 875. The van der Waals surface area contributed by atoms with E-state index in [1.165, 1.54) is 31.7 Å². The minimum Gasteiger partial charge on any atom is -0.343 e. The van der Waals surface area contributed by atoms with Gasteiger partial charge < -0.3 is 9.47 Å². The highest BCUT2D eigenvalue weighted by molar-refractivity contribution is 5.78. The van der Waals surface area contributed by atoms with E-state index in [-0.39, 0.29) is 11.9 Å². The number of halogens is 3. The first-order chi connectivity index (χ1) is 13.8. The van der Waals surface area contributed by atoms with Gasteiger partial charge in [0.25, 0.3) is 0 Å². The number of rotatable bonds is 4. The largest absolute Gasteiger partial charge is 0.416 e. The maximum atomic E-state index is 13.0. The zero-order valence-electron chi connectivity index (χ0n) is 16.8. The summed E-state index contributed by atoms with van der Waals surface area (Å²) in [5.41, 5.74) is 0.450. The number of piperidine rings is 1. The Morgan fingerprint density at radius 1 is 1.14 bits per heavy atom. The Morgan fingerprint density at radius 2 is 1.83 bits per heavy atom. The maximum Gasteiger partial charge on any atom is 0.416 e. The number of likely N-dealkylation sites (tertiary alicyclic amines) is 1. The molecule has 1 saturated heterocycles. The molecule has 2 heterocycles. The summed E-state index contributed by atoms with van der Waals surface area (Å²) in [7, 11) is 0. The summed E-state index contributed by atoms with van der Waals surface area (Å²) < 4.78 is 41.0. The van der Waals surface area contributed by atoms with Crippen LogP contribution in [0.4, 0.5) is 13.2 Å². The molecule has 4 rings (SSSR count). The average molecular weight is 407 g/mol. The highest BCUT2D eigenvalue weighted by Gasteiger charge is 2.32. The van der Waals surface area contributed by atoms with E-state index in [0.717, 1.165) is 48.7 Å². The molecule has 2 aliphatic rings. The van der Waals surface area contributed by atoms with Crippen LogP contribution in [0.5, 0.6) is 0 Å². The molecule has 0 bridgehead atoms. The molecule has 1 aromatic heterocycles. The van der Waals surface area contributed by atoms with Gasteiger partial charge >= 0.3 is 6.18 Å². The van der Waals surface area contributed by atoms with Crippen LogP contribution in [0.2, 0.25) is 0 Å². The first kappa shape index (κ1) is 20.2. The molecular formula is C22H28F3N3O. The predicted molar refractivity (Wildman–Crippen MR) is 106 cm³/mol. The van der Waals surface area contributed by atoms with E-state index in [1.807, 2.05) is 11.8 Å². The monoisotopic (exact) mass is 407 g/mol. The molecule has 0 radical (unpaired) electrons. The van der Waals surface area contributed by atoms with Crippen molar-refractivity contribution in [2.24, 2.45) is 5.92 Å². The van der Waals surface area contributed by atoms with Crippen molar-refractivity contribution in [1.29, 1.82) is 0 Å². The van der Waals surface area contributed by atoms with Crippen molar-refractivity contribution < 1.29 is 18.0 Å². The number of benzene rings is 1. The molecule has 0 spiro atoms. The van der Waals surface area contributed by atoms with Gasteiger partial charge in [0.1, 0.15) is 5.82 Å². The number of aromatic nitrogens is 2. The van der Waals surface area contributed by atoms with Crippen LogP contribution in [0.15, 0.2) is 18.2 Å². The molecule has 1 saturated carbocycles. The summed E-state index contributed by atoms with van der Waals surface area (Å²) in [5.74, 6) is 1.70. The molecular weight excluding hydrogens is 379 g/mol. The van der Waals surface area contributed by atoms with Crippen LogP contribution in [-0.2, 0) is 11.0 Å². The lowest BCUT2D eigenvalue weighted by Crippen LogP contribution is -2.39. The summed E-state index contributed by atoms with van der Waals surface area (Å²) in [6.45, 7) is 3.24. The molecule has 4 nitrogen and oxygen atoms in total. The van der Waals surface area contributed by atoms with Crippen LogP contribution in [0, 0.1) is 12.8 Å². The first-order valence-corrected chi connectivity index (χ1v) is 10.7. The lowest BCUT2D eigenvalue weighted by atomic mass is 10.00. The number of nitrogens with zero attached hydrogens (tertiary/aromatic N) is 3. The summed E-state index contributed by atoms with van der Waals surface area (Å²) in [6, 6.07) is 3.94. The Kier molecular flexibility index (Phi) is 5.58. The van der Waals surface area contributed by atoms with Gasteiger partial charge in [0.15, 0.2) is 0 Å². The van der Waals surface area contributed by atoms with Gasteiger partial charge in [-0.1, -0.05) is 25.7 Å². The van der Waals surface area contributed by atoms with Crippen molar-refractivity contribution in [2.45, 2.75) is 70.5 Å². The van der Waals surface area contributed by atoms with Gasteiger partial charge in [-0.05, 0) is 50.3 Å². The summed E-state index contributed by atoms with van der Waals surface area (Å²) >= 11 is 0. The van der Waals surface area contributed by atoms with Gasteiger partial charge in [0.05, 0.1) is 16.6 Å². The molecule has 1 aliphatic carbocycles. The van der Waals surface area contributed by atoms with Crippen molar-refractivity contribution in [2.75, 3.05) is 13.1 Å². The lowest BCUT2D eigenvalue weighted by molar-refractivity contribution is -0.137. The van der Waals surface area contributed by atoms with Crippen molar-refractivity contribution in [3.63, 3.8) is 0 Å². The molecule has 0 atom stereocenters. The molecule has 1 amide bonds. The second-order valence-electron chi connectivity index (χ2n) is 8.53. The zero-order valence-corrected chi connectivity index (χ0v) is 16.8. The summed E-state index contributed by atoms with van der Waals surface area (Å²) in [5, 5.41) is 0. The minimum absolute atomic E-state index is 0.163. The Labute approximate surface area is 169 Å². The number of aryl methyl sites for hydroxylation is 1. The molecule has 2 fully saturated rings. The third kappa shape index (κ3) is 4.28. The van der Waals surface area contributed by atoms with E-state index >= 15 is 0 Å². The fourth-order valence-corrected chi connectivity index (χ4v) is 5.01. The van der Waals surface area contributed by atoms with E-state index in [1.54, 1.807) is 0 Å². The van der Waals surface area contributed by atoms with Gasteiger partial charge in [-0.15, -0.1) is 0 Å². The normalized spacial score (nSPS) is 19.4. The van der Waals surface area contributed by atoms with Gasteiger partial charge in [-0.25, -0.2) is 4.98 Å². The number of carbonyl (C=O) groups excluding carboxylic acids is 1. The number of hydrogen-bond acceptors (Lipinski definition) is 2. The topological polar surface area (TPSA) is 38.1 Å². The third-order valence-electron chi connectivity index (χ3n) is 6.62. The molecule has 7 heteroatoms. The lowest BCUT2D eigenvalue weighted by Gasteiger charge is -2.33. The SMILES string of the molecule is Cc1nc2cc(C(F)(F)F)ccc2n1C1CCN(C(=O)CCC2CCCC2)CC1. The van der Waals surface area contributed by atoms with Gasteiger partial charge in [-0.2, -0.15) is 13.2 Å². The van der Waals surface area contributed by atoms with Crippen molar-refractivity contribution in [1.82, 2.24) is 14.5 Å². The molecule has 0 unspecified atom stereocenters.